The molecule has 4 aromatic rings. The van der Waals surface area contributed by atoms with E-state index in [1.165, 1.54) is 5.56 Å². The van der Waals surface area contributed by atoms with Crippen molar-refractivity contribution in [2.24, 2.45) is 7.05 Å². The first-order valence-corrected chi connectivity index (χ1v) is 13.6. The van der Waals surface area contributed by atoms with Crippen LogP contribution in [0.1, 0.15) is 32.6 Å². The minimum absolute atomic E-state index is 0.143. The van der Waals surface area contributed by atoms with Gasteiger partial charge in [0.15, 0.2) is 17.3 Å². The lowest BCUT2D eigenvalue weighted by Crippen LogP contribution is -2.45. The smallest absolute Gasteiger partial charge is 0.232 e. The molecule has 204 valence electrons. The number of piperazine rings is 1. The van der Waals surface area contributed by atoms with E-state index < -0.39 is 0 Å². The summed E-state index contributed by atoms with van der Waals surface area (Å²) in [5.74, 6) is 2.40. The lowest BCUT2D eigenvalue weighted by Gasteiger charge is -2.35. The summed E-state index contributed by atoms with van der Waals surface area (Å²) in [5.41, 5.74) is 5.14. The number of carbonyl (C=O) groups is 1. The monoisotopic (exact) mass is 537 g/mol. The summed E-state index contributed by atoms with van der Waals surface area (Å²) in [7, 11) is 1.99. The van der Waals surface area contributed by atoms with Gasteiger partial charge in [0.1, 0.15) is 11.5 Å². The van der Waals surface area contributed by atoms with Gasteiger partial charge in [0.25, 0.3) is 0 Å². The van der Waals surface area contributed by atoms with Crippen LogP contribution in [0.5, 0.6) is 23.0 Å². The highest BCUT2D eigenvalue weighted by Gasteiger charge is 2.34. The average molecular weight is 538 g/mol. The second-order valence-electron chi connectivity index (χ2n) is 10.8. The molecule has 0 bridgehead atoms. The number of phenols is 1. The van der Waals surface area contributed by atoms with E-state index in [-0.39, 0.29) is 24.1 Å². The van der Waals surface area contributed by atoms with Gasteiger partial charge in [0.05, 0.1) is 11.1 Å². The number of aryl methyl sites for hydroxylation is 2. The maximum Gasteiger partial charge on any atom is 0.232 e. The average Bonchev–Trinajstić information content (AvgIpc) is 3.64. The number of carbonyl (C=O) groups excluding carboxylic acids is 1. The molecular weight excluding hydrogens is 506 g/mol. The van der Waals surface area contributed by atoms with Crippen LogP contribution in [0.25, 0.3) is 17.0 Å². The summed E-state index contributed by atoms with van der Waals surface area (Å²) in [6, 6.07) is 15.9. The Morgan fingerprint density at radius 2 is 1.70 bits per heavy atom. The van der Waals surface area contributed by atoms with Gasteiger partial charge in [-0.1, -0.05) is 24.3 Å². The molecule has 3 aliphatic heterocycles. The molecule has 1 aromatic heterocycles. The molecule has 0 saturated carbocycles. The fourth-order valence-corrected chi connectivity index (χ4v) is 5.99. The van der Waals surface area contributed by atoms with E-state index in [9.17, 15) is 9.90 Å². The van der Waals surface area contributed by atoms with Gasteiger partial charge in [-0.2, -0.15) is 0 Å². The van der Waals surface area contributed by atoms with Gasteiger partial charge in [-0.15, -0.1) is 0 Å². The molecule has 0 aliphatic carbocycles. The number of para-hydroxylation sites is 1. The first kappa shape index (κ1) is 24.7. The molecule has 3 aromatic carbocycles. The van der Waals surface area contributed by atoms with E-state index in [1.807, 2.05) is 55.1 Å². The van der Waals surface area contributed by atoms with Crippen molar-refractivity contribution in [2.45, 2.75) is 20.0 Å². The molecule has 0 amide bonds. The first-order valence-electron chi connectivity index (χ1n) is 13.6. The molecule has 1 N–H and O–H groups in total. The summed E-state index contributed by atoms with van der Waals surface area (Å²) in [4.78, 5) is 18.2. The first-order chi connectivity index (χ1) is 19.4. The van der Waals surface area contributed by atoms with Crippen LogP contribution in [-0.4, -0.2) is 58.2 Å². The van der Waals surface area contributed by atoms with Gasteiger partial charge in [0, 0.05) is 69.0 Å². The number of nitrogens with zero attached hydrogens (tertiary/aromatic N) is 3. The summed E-state index contributed by atoms with van der Waals surface area (Å²) in [6.45, 7) is 6.97. The van der Waals surface area contributed by atoms with Crippen molar-refractivity contribution in [1.29, 1.82) is 0 Å². The quantitative estimate of drug-likeness (QED) is 0.365. The molecule has 0 radical (unpaired) electrons. The van der Waals surface area contributed by atoms with Gasteiger partial charge >= 0.3 is 0 Å². The van der Waals surface area contributed by atoms with Gasteiger partial charge in [-0.05, 0) is 48.4 Å². The number of benzene rings is 3. The minimum atomic E-state index is -0.143. The fraction of sp³-hybridized carbons (Fsp3) is 0.281. The number of hydrogen-bond donors (Lipinski definition) is 1. The molecular formula is C32H31N3O5. The molecule has 8 heteroatoms. The number of aromatic nitrogens is 1. The molecule has 8 nitrogen and oxygen atoms in total. The van der Waals surface area contributed by atoms with Crippen LogP contribution < -0.4 is 14.2 Å². The van der Waals surface area contributed by atoms with E-state index in [0.717, 1.165) is 66.3 Å². The lowest BCUT2D eigenvalue weighted by atomic mass is 9.99. The molecule has 3 aliphatic rings. The van der Waals surface area contributed by atoms with E-state index in [4.69, 9.17) is 14.2 Å². The van der Waals surface area contributed by atoms with E-state index >= 15 is 0 Å². The minimum Gasteiger partial charge on any atom is -0.507 e. The van der Waals surface area contributed by atoms with Gasteiger partial charge in [0.2, 0.25) is 12.6 Å². The number of Topliss-reactive ketones (excluding diaryl/α,β-unsaturated/α-hetero) is 1. The summed E-state index contributed by atoms with van der Waals surface area (Å²) in [6.07, 6.45) is 3.82. The third kappa shape index (κ3) is 4.29. The van der Waals surface area contributed by atoms with Crippen LogP contribution >= 0.6 is 0 Å². The highest BCUT2D eigenvalue weighted by atomic mass is 16.7. The van der Waals surface area contributed by atoms with Gasteiger partial charge in [-0.25, -0.2) is 0 Å². The summed E-state index contributed by atoms with van der Waals surface area (Å²) < 4.78 is 19.2. The number of ketones is 1. The van der Waals surface area contributed by atoms with E-state index in [1.54, 1.807) is 6.07 Å². The summed E-state index contributed by atoms with van der Waals surface area (Å²) >= 11 is 0. The van der Waals surface area contributed by atoms with Crippen molar-refractivity contribution < 1.29 is 24.1 Å². The van der Waals surface area contributed by atoms with Crippen molar-refractivity contribution in [3.8, 4) is 23.0 Å². The number of allylic oxidation sites excluding steroid dienone is 1. The Morgan fingerprint density at radius 1 is 0.950 bits per heavy atom. The molecule has 7 rings (SSSR count). The third-order valence-corrected chi connectivity index (χ3v) is 8.12. The fourth-order valence-electron chi connectivity index (χ4n) is 5.99. The number of hydrogen-bond acceptors (Lipinski definition) is 7. The van der Waals surface area contributed by atoms with E-state index in [2.05, 4.69) is 28.0 Å². The van der Waals surface area contributed by atoms with Crippen LogP contribution in [0.4, 0.5) is 0 Å². The molecule has 0 unspecified atom stereocenters. The standard InChI is InChI=1S/C32H31N3O5/c1-20-13-26(36)24(18-35-11-9-34(10-12-35)16-21-7-8-27-28(14-21)39-19-38-27)32-30(20)31(37)29(40-32)15-22-17-33(2)25-6-4-3-5-23(22)25/h3-8,13-15,17,36H,9-12,16,18-19H2,1-2H3/b29-15-. The SMILES string of the molecule is Cc1cc(O)c(CN2CCN(Cc3ccc4c(c3)OCO4)CC2)c2c1C(=O)/C(=C/c1cn(C)c3ccccc13)O2. The third-order valence-electron chi connectivity index (χ3n) is 8.12. The molecule has 0 spiro atoms. The molecule has 1 saturated heterocycles. The van der Waals surface area contributed by atoms with Crippen molar-refractivity contribution in [1.82, 2.24) is 14.4 Å². The highest BCUT2D eigenvalue weighted by molar-refractivity contribution is 6.16. The van der Waals surface area contributed by atoms with Crippen molar-refractivity contribution in [2.75, 3.05) is 33.0 Å². The number of aromatic hydroxyl groups is 1. The molecule has 40 heavy (non-hydrogen) atoms. The van der Waals surface area contributed by atoms with Crippen LogP contribution in [0.15, 0.2) is 60.5 Å². The maximum absolute atomic E-state index is 13.5. The van der Waals surface area contributed by atoms with Crippen LogP contribution in [-0.2, 0) is 20.1 Å². The predicted molar refractivity (Wildman–Crippen MR) is 152 cm³/mol. The zero-order chi connectivity index (χ0) is 27.4. The predicted octanol–water partition coefficient (Wildman–Crippen LogP) is 4.86. The molecule has 1 fully saturated rings. The van der Waals surface area contributed by atoms with Gasteiger partial charge < -0.3 is 23.9 Å². The second-order valence-corrected chi connectivity index (χ2v) is 10.8. The lowest BCUT2D eigenvalue weighted by molar-refractivity contribution is 0.101. The zero-order valence-corrected chi connectivity index (χ0v) is 22.6. The van der Waals surface area contributed by atoms with Crippen LogP contribution in [0.2, 0.25) is 0 Å². The number of phenolic OH excluding ortho intramolecular Hbond substituents is 1. The van der Waals surface area contributed by atoms with Crippen molar-refractivity contribution in [3.63, 3.8) is 0 Å². The van der Waals surface area contributed by atoms with Crippen molar-refractivity contribution >= 4 is 22.8 Å². The Kier molecular flexibility index (Phi) is 6.02. The topological polar surface area (TPSA) is 76.4 Å². The van der Waals surface area contributed by atoms with Crippen LogP contribution in [0, 0.1) is 6.92 Å². The Hall–Kier alpha value is -4.27. The number of fused-ring (bicyclic) bond motifs is 3. The number of rotatable bonds is 5. The van der Waals surface area contributed by atoms with Crippen LogP contribution in [0.3, 0.4) is 0 Å². The normalized spacial score (nSPS) is 18.1. The van der Waals surface area contributed by atoms with Gasteiger partial charge in [-0.3, -0.25) is 14.6 Å². The Morgan fingerprint density at radius 3 is 2.52 bits per heavy atom. The second kappa shape index (κ2) is 9.73. The maximum atomic E-state index is 13.5. The largest absolute Gasteiger partial charge is 0.507 e. The van der Waals surface area contributed by atoms with E-state index in [0.29, 0.717) is 23.4 Å². The Balaban J connectivity index is 1.08. The zero-order valence-electron chi connectivity index (χ0n) is 22.6. The Labute approximate surface area is 232 Å². The molecule has 4 heterocycles. The molecule has 0 atom stereocenters. The number of ether oxygens (including phenoxy) is 3. The Bertz CT molecular complexity index is 1680. The highest BCUT2D eigenvalue weighted by Crippen LogP contribution is 2.43. The van der Waals surface area contributed by atoms with Crippen molar-refractivity contribution in [3.05, 3.63) is 88.3 Å². The summed E-state index contributed by atoms with van der Waals surface area (Å²) in [5, 5.41) is 12.0.